The molecule has 0 aliphatic heterocycles. The van der Waals surface area contributed by atoms with Crippen LogP contribution in [0.25, 0.3) is 0 Å². The molecular weight excluding hydrogens is 544 g/mol. The van der Waals surface area contributed by atoms with E-state index in [-0.39, 0.29) is 12.2 Å². The van der Waals surface area contributed by atoms with Crippen LogP contribution >= 0.6 is 0 Å². The van der Waals surface area contributed by atoms with Gasteiger partial charge in [-0.15, -0.1) is 0 Å². The van der Waals surface area contributed by atoms with Crippen LogP contribution in [0.15, 0.2) is 24.3 Å². The van der Waals surface area contributed by atoms with Crippen molar-refractivity contribution in [3.05, 3.63) is 35.4 Å². The van der Waals surface area contributed by atoms with E-state index in [1.54, 1.807) is 7.11 Å². The molecule has 0 spiro atoms. The predicted molar refractivity (Wildman–Crippen MR) is 174 cm³/mol. The lowest BCUT2D eigenvalue weighted by molar-refractivity contribution is 0.0976. The highest BCUT2D eigenvalue weighted by Crippen LogP contribution is 2.40. The molecule has 0 radical (unpaired) electrons. The Morgan fingerprint density at radius 1 is 0.558 bits per heavy atom. The Labute approximate surface area is 260 Å². The molecule has 242 valence electrons. The summed E-state index contributed by atoms with van der Waals surface area (Å²) in [4.78, 5) is 14.0. The molecule has 2 aromatic carbocycles. The van der Waals surface area contributed by atoms with Crippen LogP contribution in [0, 0.1) is 0 Å². The zero-order valence-electron chi connectivity index (χ0n) is 27.7. The number of rotatable bonds is 25. The fraction of sp³-hybridized carbons (Fsp3) is 0.639. The van der Waals surface area contributed by atoms with Crippen LogP contribution < -0.4 is 28.4 Å². The Morgan fingerprint density at radius 3 is 1.56 bits per heavy atom. The summed E-state index contributed by atoms with van der Waals surface area (Å²) in [5, 5.41) is 0. The maximum absolute atomic E-state index is 14.0. The number of aryl methyl sites for hydroxylation is 1. The predicted octanol–water partition coefficient (Wildman–Crippen LogP) is 9.41. The molecule has 2 rings (SSSR count). The highest BCUT2D eigenvalue weighted by molar-refractivity contribution is 6.00. The van der Waals surface area contributed by atoms with Gasteiger partial charge in [0.25, 0.3) is 0 Å². The van der Waals surface area contributed by atoms with Crippen LogP contribution in [0.2, 0.25) is 0 Å². The quantitative estimate of drug-likeness (QED) is 0.0830. The summed E-state index contributed by atoms with van der Waals surface area (Å²) in [6.45, 7) is 13.5. The van der Waals surface area contributed by atoms with Crippen LogP contribution in [0.3, 0.4) is 0 Å². The van der Waals surface area contributed by atoms with Crippen molar-refractivity contribution in [2.24, 2.45) is 0 Å². The summed E-state index contributed by atoms with van der Waals surface area (Å²) in [6.07, 6.45) is 10.4. The van der Waals surface area contributed by atoms with Gasteiger partial charge in [-0.05, 0) is 50.7 Å². The second-order valence-electron chi connectivity index (χ2n) is 10.8. The van der Waals surface area contributed by atoms with Crippen molar-refractivity contribution in [2.45, 2.75) is 112 Å². The monoisotopic (exact) mass is 600 g/mol. The molecule has 0 saturated carbocycles. The number of ketones is 1. The zero-order valence-corrected chi connectivity index (χ0v) is 27.7. The highest BCUT2D eigenvalue weighted by Gasteiger charge is 2.22. The van der Waals surface area contributed by atoms with Gasteiger partial charge in [0.1, 0.15) is 11.5 Å². The lowest BCUT2D eigenvalue weighted by Gasteiger charge is -2.19. The summed E-state index contributed by atoms with van der Waals surface area (Å²) in [5.41, 5.74) is 1.38. The van der Waals surface area contributed by atoms with Gasteiger partial charge in [0.2, 0.25) is 0 Å². The van der Waals surface area contributed by atoms with Gasteiger partial charge in [-0.1, -0.05) is 66.7 Å². The third kappa shape index (κ3) is 12.6. The third-order valence-electron chi connectivity index (χ3n) is 7.05. The average molecular weight is 601 g/mol. The van der Waals surface area contributed by atoms with Crippen molar-refractivity contribution in [3.63, 3.8) is 0 Å². The molecule has 7 heteroatoms. The van der Waals surface area contributed by atoms with Gasteiger partial charge in [-0.25, -0.2) is 0 Å². The summed E-state index contributed by atoms with van der Waals surface area (Å²) in [5.74, 6) is 3.67. The second kappa shape index (κ2) is 21.6. The van der Waals surface area contributed by atoms with Crippen LogP contribution in [-0.2, 0) is 6.42 Å². The summed E-state index contributed by atoms with van der Waals surface area (Å²) >= 11 is 0. The Morgan fingerprint density at radius 2 is 1.02 bits per heavy atom. The van der Waals surface area contributed by atoms with Crippen LogP contribution in [0.1, 0.15) is 121 Å². The lowest BCUT2D eigenvalue weighted by Crippen LogP contribution is -2.11. The summed E-state index contributed by atoms with van der Waals surface area (Å²) < 4.78 is 36.4. The standard InChI is InChI=1S/C36H56O7/c1-7-12-19-39-29-24-28(35(33(26-29)38-6)42-22-15-10-4)17-18-32(37)31-25-30(40-20-13-8-2)27-34(41-21-14-9-3)36(31)43-23-16-11-5/h24-27H,7-23H2,1-6H3. The van der Waals surface area contributed by atoms with E-state index < -0.39 is 0 Å². The van der Waals surface area contributed by atoms with E-state index >= 15 is 0 Å². The van der Waals surface area contributed by atoms with Gasteiger partial charge in [0.15, 0.2) is 28.8 Å². The van der Waals surface area contributed by atoms with E-state index in [1.165, 1.54) is 0 Å². The molecule has 0 atom stereocenters. The summed E-state index contributed by atoms with van der Waals surface area (Å²) in [6, 6.07) is 7.54. The molecule has 0 amide bonds. The zero-order chi connectivity index (χ0) is 31.3. The third-order valence-corrected chi connectivity index (χ3v) is 7.05. The SMILES string of the molecule is CCCCOc1cc(CCC(=O)c2cc(OCCCC)cc(OCCCC)c2OCCCC)c(OCCCC)c(OC)c1. The first-order chi connectivity index (χ1) is 21.0. The molecule has 0 fully saturated rings. The molecule has 0 saturated heterocycles. The second-order valence-corrected chi connectivity index (χ2v) is 10.8. The number of methoxy groups -OCH3 is 1. The number of ether oxygens (including phenoxy) is 6. The number of benzene rings is 2. The average Bonchev–Trinajstić information content (AvgIpc) is 3.01. The van der Waals surface area contributed by atoms with E-state index in [1.807, 2.05) is 24.3 Å². The fourth-order valence-electron chi connectivity index (χ4n) is 4.36. The normalized spacial score (nSPS) is 10.8. The molecule has 0 aliphatic carbocycles. The number of hydrogen-bond acceptors (Lipinski definition) is 7. The number of Topliss-reactive ketones (excluding diaryl/α,β-unsaturated/α-hetero) is 1. The lowest BCUT2D eigenvalue weighted by atomic mass is 10.00. The molecule has 0 unspecified atom stereocenters. The Kier molecular flexibility index (Phi) is 18.1. The maximum Gasteiger partial charge on any atom is 0.172 e. The van der Waals surface area contributed by atoms with Crippen molar-refractivity contribution in [2.75, 3.05) is 40.1 Å². The number of carbonyl (C=O) groups excluding carboxylic acids is 1. The highest BCUT2D eigenvalue weighted by atomic mass is 16.5. The number of hydrogen-bond donors (Lipinski definition) is 0. The van der Waals surface area contributed by atoms with Crippen LogP contribution in [0.4, 0.5) is 0 Å². The molecule has 0 N–H and O–H groups in total. The first-order valence-electron chi connectivity index (χ1n) is 16.6. The van der Waals surface area contributed by atoms with Crippen molar-refractivity contribution in [1.82, 2.24) is 0 Å². The largest absolute Gasteiger partial charge is 0.493 e. The van der Waals surface area contributed by atoms with Crippen molar-refractivity contribution < 1.29 is 33.2 Å². The Bertz CT molecular complexity index is 1070. The van der Waals surface area contributed by atoms with Gasteiger partial charge >= 0.3 is 0 Å². The molecular formula is C36H56O7. The Balaban J connectivity index is 2.44. The van der Waals surface area contributed by atoms with Crippen LogP contribution in [-0.4, -0.2) is 45.9 Å². The first-order valence-corrected chi connectivity index (χ1v) is 16.6. The topological polar surface area (TPSA) is 72.5 Å². The van der Waals surface area contributed by atoms with Crippen molar-refractivity contribution in [3.8, 4) is 34.5 Å². The van der Waals surface area contributed by atoms with Gasteiger partial charge in [-0.3, -0.25) is 4.79 Å². The van der Waals surface area contributed by atoms with Gasteiger partial charge in [0, 0.05) is 24.1 Å². The molecule has 0 aromatic heterocycles. The number of carbonyl (C=O) groups is 1. The van der Waals surface area contributed by atoms with E-state index in [9.17, 15) is 4.79 Å². The fourth-order valence-corrected chi connectivity index (χ4v) is 4.36. The van der Waals surface area contributed by atoms with Crippen molar-refractivity contribution >= 4 is 5.78 Å². The first kappa shape index (κ1) is 36.1. The summed E-state index contributed by atoms with van der Waals surface area (Å²) in [7, 11) is 1.64. The minimum atomic E-state index is -0.0384. The molecule has 0 heterocycles. The molecule has 0 aliphatic rings. The maximum atomic E-state index is 14.0. The smallest absolute Gasteiger partial charge is 0.172 e. The van der Waals surface area contributed by atoms with Gasteiger partial charge in [0.05, 0.1) is 45.7 Å². The van der Waals surface area contributed by atoms with E-state index in [0.29, 0.717) is 73.8 Å². The van der Waals surface area contributed by atoms with Gasteiger partial charge in [-0.2, -0.15) is 0 Å². The van der Waals surface area contributed by atoms with Crippen LogP contribution in [0.5, 0.6) is 34.5 Å². The molecule has 7 nitrogen and oxygen atoms in total. The van der Waals surface area contributed by atoms with Crippen molar-refractivity contribution in [1.29, 1.82) is 0 Å². The minimum Gasteiger partial charge on any atom is -0.493 e. The molecule has 0 bridgehead atoms. The number of unbranched alkanes of at least 4 members (excludes halogenated alkanes) is 5. The van der Waals surface area contributed by atoms with E-state index in [4.69, 9.17) is 28.4 Å². The van der Waals surface area contributed by atoms with E-state index in [2.05, 4.69) is 34.6 Å². The minimum absolute atomic E-state index is 0.0384. The Hall–Kier alpha value is -3.09. The van der Waals surface area contributed by atoms with Gasteiger partial charge < -0.3 is 28.4 Å². The molecule has 2 aromatic rings. The van der Waals surface area contributed by atoms with E-state index in [0.717, 1.165) is 75.5 Å². The molecule has 43 heavy (non-hydrogen) atoms.